The molecule has 0 aromatic heterocycles. The van der Waals surface area contributed by atoms with Gasteiger partial charge >= 0.3 is 0 Å². The monoisotopic (exact) mass is 620 g/mol. The molecule has 2 heterocycles. The highest BCUT2D eigenvalue weighted by molar-refractivity contribution is 5.15. The molecule has 2 fully saturated rings. The Kier molecular flexibility index (Phi) is 12.3. The fourth-order valence-electron chi connectivity index (χ4n) is 5.70. The van der Waals surface area contributed by atoms with E-state index >= 15 is 0 Å². The first-order valence-corrected chi connectivity index (χ1v) is 15.5. The molecule has 2 aliphatic rings. The summed E-state index contributed by atoms with van der Waals surface area (Å²) in [6.45, 7) is 8.36. The molecule has 5 rings (SSSR count). The molecule has 0 saturated carbocycles. The van der Waals surface area contributed by atoms with Gasteiger partial charge in [0.1, 0.15) is 36.6 Å². The number of rotatable bonds is 14. The summed E-state index contributed by atoms with van der Waals surface area (Å²) in [4.78, 5) is 0. The maximum Gasteiger partial charge on any atom is 0.187 e. The number of aliphatic hydroxyl groups is 2. The van der Waals surface area contributed by atoms with Gasteiger partial charge in [0.05, 0.1) is 38.6 Å². The fraction of sp³-hybridized carbons (Fsp3) is 0.444. The smallest absolute Gasteiger partial charge is 0.187 e. The molecule has 3 aromatic carbocycles. The van der Waals surface area contributed by atoms with Crippen LogP contribution < -0.4 is 0 Å². The highest BCUT2D eigenvalue weighted by Crippen LogP contribution is 2.34. The van der Waals surface area contributed by atoms with Gasteiger partial charge in [-0.25, -0.2) is 0 Å². The van der Waals surface area contributed by atoms with E-state index in [-0.39, 0.29) is 19.8 Å². The summed E-state index contributed by atoms with van der Waals surface area (Å²) in [6, 6.07) is 29.2. The van der Waals surface area contributed by atoms with Crippen molar-refractivity contribution in [3.63, 3.8) is 0 Å². The summed E-state index contributed by atoms with van der Waals surface area (Å²) in [7, 11) is 0. The quantitative estimate of drug-likeness (QED) is 0.251. The molecule has 0 bridgehead atoms. The van der Waals surface area contributed by atoms with Crippen LogP contribution in [0.15, 0.2) is 104 Å². The topological polar surface area (TPSA) is 105 Å². The van der Waals surface area contributed by atoms with Gasteiger partial charge in [-0.2, -0.15) is 0 Å². The van der Waals surface area contributed by atoms with Crippen LogP contribution >= 0.6 is 0 Å². The van der Waals surface area contributed by atoms with Crippen molar-refractivity contribution in [3.05, 3.63) is 120 Å². The summed E-state index contributed by atoms with van der Waals surface area (Å²) in [5, 5.41) is 22.7. The lowest BCUT2D eigenvalue weighted by Gasteiger charge is -2.48. The van der Waals surface area contributed by atoms with Gasteiger partial charge in [-0.15, -0.1) is 6.58 Å². The van der Waals surface area contributed by atoms with Crippen LogP contribution in [0.4, 0.5) is 0 Å². The zero-order valence-corrected chi connectivity index (χ0v) is 25.8. The molecule has 3 aromatic rings. The number of hydrogen-bond donors (Lipinski definition) is 2. The maximum absolute atomic E-state index is 11.6. The summed E-state index contributed by atoms with van der Waals surface area (Å²) < 4.78 is 43.8. The molecule has 2 saturated heterocycles. The Hall–Kier alpha value is -2.96. The lowest BCUT2D eigenvalue weighted by atomic mass is 9.96. The van der Waals surface area contributed by atoms with Crippen LogP contribution in [-0.4, -0.2) is 78.2 Å². The highest BCUT2D eigenvalue weighted by atomic mass is 16.7. The van der Waals surface area contributed by atoms with Gasteiger partial charge in [0.15, 0.2) is 12.6 Å². The van der Waals surface area contributed by atoms with Gasteiger partial charge in [-0.3, -0.25) is 0 Å². The van der Waals surface area contributed by atoms with E-state index in [1.54, 1.807) is 6.08 Å². The van der Waals surface area contributed by atoms with Crippen LogP contribution in [0, 0.1) is 0 Å². The van der Waals surface area contributed by atoms with Gasteiger partial charge in [0, 0.05) is 0 Å². The molecular formula is C36H44O9. The van der Waals surface area contributed by atoms with E-state index in [0.717, 1.165) is 16.7 Å². The van der Waals surface area contributed by atoms with Crippen molar-refractivity contribution in [2.45, 2.75) is 95.1 Å². The average molecular weight is 621 g/mol. The van der Waals surface area contributed by atoms with Crippen LogP contribution in [0.25, 0.3) is 0 Å². The molecule has 0 radical (unpaired) electrons. The summed E-state index contributed by atoms with van der Waals surface area (Å²) in [5.41, 5.74) is 2.87. The van der Waals surface area contributed by atoms with E-state index < -0.39 is 61.4 Å². The Morgan fingerprint density at radius 3 is 1.58 bits per heavy atom. The lowest BCUT2D eigenvalue weighted by molar-refractivity contribution is -0.364. The minimum atomic E-state index is -1.30. The third-order valence-electron chi connectivity index (χ3n) is 8.05. The number of hydrogen-bond acceptors (Lipinski definition) is 9. The molecule has 9 nitrogen and oxygen atoms in total. The highest BCUT2D eigenvalue weighted by Gasteiger charge is 2.52. The Morgan fingerprint density at radius 1 is 0.600 bits per heavy atom. The van der Waals surface area contributed by atoms with Crippen molar-refractivity contribution in [3.8, 4) is 0 Å². The predicted octanol–water partition coefficient (Wildman–Crippen LogP) is 4.54. The van der Waals surface area contributed by atoms with E-state index in [4.69, 9.17) is 33.2 Å². The van der Waals surface area contributed by atoms with Crippen LogP contribution in [0.2, 0.25) is 0 Å². The molecule has 0 amide bonds. The first-order chi connectivity index (χ1) is 21.9. The van der Waals surface area contributed by atoms with Gasteiger partial charge in [0.25, 0.3) is 0 Å². The average Bonchev–Trinajstić information content (AvgIpc) is 3.05. The zero-order valence-electron chi connectivity index (χ0n) is 25.8. The van der Waals surface area contributed by atoms with E-state index in [1.807, 2.05) is 105 Å². The molecule has 9 heteroatoms. The first-order valence-electron chi connectivity index (χ1n) is 15.5. The second-order valence-electron chi connectivity index (χ2n) is 11.4. The maximum atomic E-state index is 11.6. The Balaban J connectivity index is 1.37. The molecule has 0 aliphatic carbocycles. The van der Waals surface area contributed by atoms with Crippen LogP contribution in [0.1, 0.15) is 30.5 Å². The molecule has 45 heavy (non-hydrogen) atoms. The van der Waals surface area contributed by atoms with Gasteiger partial charge in [-0.1, -0.05) is 97.1 Å². The lowest BCUT2D eigenvalue weighted by Crippen LogP contribution is -2.64. The molecule has 2 N–H and O–H groups in total. The van der Waals surface area contributed by atoms with Crippen molar-refractivity contribution in [1.82, 2.24) is 0 Å². The van der Waals surface area contributed by atoms with E-state index in [2.05, 4.69) is 6.58 Å². The summed E-state index contributed by atoms with van der Waals surface area (Å²) >= 11 is 0. The minimum Gasteiger partial charge on any atom is -0.387 e. The van der Waals surface area contributed by atoms with Crippen LogP contribution in [0.3, 0.4) is 0 Å². The SMILES string of the molecule is C=CCO[C@H]1[C@H](O[C@@H]2[C@@H](OCc3ccccc3)[C@H](C)O[C@@H](O)[C@@H]2OCc2ccccc2)O[C@@H](C)[C@H](OCc2ccccc2)[C@H]1O. The van der Waals surface area contributed by atoms with Crippen molar-refractivity contribution >= 4 is 0 Å². The van der Waals surface area contributed by atoms with Crippen LogP contribution in [-0.2, 0) is 53.0 Å². The predicted molar refractivity (Wildman–Crippen MR) is 167 cm³/mol. The number of aliphatic hydroxyl groups excluding tert-OH is 2. The van der Waals surface area contributed by atoms with Gasteiger partial charge < -0.3 is 43.4 Å². The number of benzene rings is 3. The largest absolute Gasteiger partial charge is 0.387 e. The zero-order chi connectivity index (χ0) is 31.6. The van der Waals surface area contributed by atoms with Crippen molar-refractivity contribution in [1.29, 1.82) is 0 Å². The molecule has 2 aliphatic heterocycles. The molecule has 10 atom stereocenters. The van der Waals surface area contributed by atoms with E-state index in [9.17, 15) is 10.2 Å². The van der Waals surface area contributed by atoms with E-state index in [1.165, 1.54) is 0 Å². The minimum absolute atomic E-state index is 0.152. The third kappa shape index (κ3) is 8.86. The van der Waals surface area contributed by atoms with Gasteiger partial charge in [-0.05, 0) is 30.5 Å². The summed E-state index contributed by atoms with van der Waals surface area (Å²) in [6.07, 6.45) is -6.99. The molecule has 0 spiro atoms. The summed E-state index contributed by atoms with van der Waals surface area (Å²) in [5.74, 6) is 0. The number of ether oxygens (including phenoxy) is 7. The molecule has 0 unspecified atom stereocenters. The Bertz CT molecular complexity index is 1220. The van der Waals surface area contributed by atoms with Gasteiger partial charge in [0.2, 0.25) is 0 Å². The fourth-order valence-corrected chi connectivity index (χ4v) is 5.70. The molecular weight excluding hydrogens is 576 g/mol. The third-order valence-corrected chi connectivity index (χ3v) is 8.05. The molecule has 242 valence electrons. The standard InChI is InChI=1S/C36H44O9/c1-4-20-39-32-29(37)30(40-21-26-14-8-5-9-15-26)24(2)44-36(32)45-33-31(41-22-27-16-10-6-11-17-27)25(3)43-35(38)34(33)42-23-28-18-12-7-13-19-28/h4-19,24-25,29-38H,1,20-23H2,2-3H3/t24-,25-,29+,30-,31-,32+,33+,34+,35+,36-/m0/s1. The normalized spacial score (nSPS) is 31.8. The second-order valence-corrected chi connectivity index (χ2v) is 11.4. The Labute approximate surface area is 265 Å². The van der Waals surface area contributed by atoms with E-state index in [0.29, 0.717) is 6.61 Å². The van der Waals surface area contributed by atoms with Crippen molar-refractivity contribution < 1.29 is 43.4 Å². The van der Waals surface area contributed by atoms with Crippen LogP contribution in [0.5, 0.6) is 0 Å². The van der Waals surface area contributed by atoms with Crippen molar-refractivity contribution in [2.75, 3.05) is 6.61 Å². The Morgan fingerprint density at radius 2 is 1.07 bits per heavy atom. The first kappa shape index (κ1) is 33.4. The van der Waals surface area contributed by atoms with Crippen molar-refractivity contribution in [2.24, 2.45) is 0 Å². The second kappa shape index (κ2) is 16.6.